The molecule has 0 amide bonds. The van der Waals surface area contributed by atoms with Crippen molar-refractivity contribution >= 4 is 11.8 Å². The highest BCUT2D eigenvalue weighted by molar-refractivity contribution is 5.66. The molecule has 0 unspecified atom stereocenters. The standard InChI is InChI=1S/C17H20N2O/c1-5-9-19(10-6-2)16-8-7-15(11-14(3)13-18)17(12-16)20-4/h5-8,11-12H,1-2,9-10H2,3-4H3/b14-11-. The predicted molar refractivity (Wildman–Crippen MR) is 84.9 cm³/mol. The van der Waals surface area contributed by atoms with Crippen molar-refractivity contribution in [3.05, 3.63) is 54.6 Å². The van der Waals surface area contributed by atoms with Crippen LogP contribution in [-0.2, 0) is 0 Å². The van der Waals surface area contributed by atoms with Gasteiger partial charge in [0.15, 0.2) is 0 Å². The first kappa shape index (κ1) is 15.6. The van der Waals surface area contributed by atoms with Crippen molar-refractivity contribution in [3.8, 4) is 11.8 Å². The molecule has 0 bridgehead atoms. The summed E-state index contributed by atoms with van der Waals surface area (Å²) in [5, 5.41) is 8.85. The summed E-state index contributed by atoms with van der Waals surface area (Å²) in [6.07, 6.45) is 5.52. The molecule has 0 radical (unpaired) electrons. The molecule has 1 aromatic carbocycles. The van der Waals surface area contributed by atoms with E-state index in [1.54, 1.807) is 14.0 Å². The number of anilines is 1. The van der Waals surface area contributed by atoms with Crippen LogP contribution in [0.5, 0.6) is 5.75 Å². The molecule has 1 rings (SSSR count). The van der Waals surface area contributed by atoms with Gasteiger partial charge in [0.05, 0.1) is 13.2 Å². The second kappa shape index (κ2) is 7.85. The molecule has 0 aliphatic rings. The monoisotopic (exact) mass is 268 g/mol. The van der Waals surface area contributed by atoms with Crippen LogP contribution < -0.4 is 9.64 Å². The maximum absolute atomic E-state index is 8.85. The van der Waals surface area contributed by atoms with E-state index in [-0.39, 0.29) is 0 Å². The minimum Gasteiger partial charge on any atom is -0.496 e. The van der Waals surface area contributed by atoms with E-state index < -0.39 is 0 Å². The van der Waals surface area contributed by atoms with Crippen molar-refractivity contribution in [2.24, 2.45) is 0 Å². The molecule has 0 aliphatic heterocycles. The minimum absolute atomic E-state index is 0.644. The molecule has 3 heteroatoms. The van der Waals surface area contributed by atoms with Gasteiger partial charge < -0.3 is 9.64 Å². The minimum atomic E-state index is 0.644. The van der Waals surface area contributed by atoms with Crippen LogP contribution >= 0.6 is 0 Å². The molecule has 1 aromatic rings. The zero-order valence-corrected chi connectivity index (χ0v) is 12.1. The highest BCUT2D eigenvalue weighted by Crippen LogP contribution is 2.27. The lowest BCUT2D eigenvalue weighted by Crippen LogP contribution is -2.23. The highest BCUT2D eigenvalue weighted by Gasteiger charge is 2.07. The lowest BCUT2D eigenvalue weighted by molar-refractivity contribution is 0.414. The lowest BCUT2D eigenvalue weighted by Gasteiger charge is -2.22. The zero-order chi connectivity index (χ0) is 15.0. The smallest absolute Gasteiger partial charge is 0.128 e. The fourth-order valence-corrected chi connectivity index (χ4v) is 1.88. The van der Waals surface area contributed by atoms with Crippen molar-refractivity contribution in [3.63, 3.8) is 0 Å². The summed E-state index contributed by atoms with van der Waals surface area (Å²) in [5.41, 5.74) is 2.57. The molecule has 0 N–H and O–H groups in total. The van der Waals surface area contributed by atoms with Gasteiger partial charge in [0.25, 0.3) is 0 Å². The van der Waals surface area contributed by atoms with Gasteiger partial charge in [-0.3, -0.25) is 0 Å². The molecule has 0 aliphatic carbocycles. The molecule has 0 aromatic heterocycles. The topological polar surface area (TPSA) is 36.3 Å². The molecule has 0 heterocycles. The SMILES string of the molecule is C=CCN(CC=C)c1ccc(/C=C(/C)C#N)c(OC)c1. The predicted octanol–water partition coefficient (Wildman–Crippen LogP) is 3.80. The van der Waals surface area contributed by atoms with Crippen LogP contribution in [0.25, 0.3) is 6.08 Å². The van der Waals surface area contributed by atoms with Gasteiger partial charge in [-0.15, -0.1) is 13.2 Å². The van der Waals surface area contributed by atoms with Gasteiger partial charge in [-0.1, -0.05) is 12.2 Å². The molecule has 20 heavy (non-hydrogen) atoms. The Morgan fingerprint density at radius 3 is 2.50 bits per heavy atom. The van der Waals surface area contributed by atoms with Crippen LogP contribution in [0, 0.1) is 11.3 Å². The number of benzene rings is 1. The molecule has 0 saturated heterocycles. The first-order chi connectivity index (χ1) is 9.65. The van der Waals surface area contributed by atoms with Crippen LogP contribution in [0.2, 0.25) is 0 Å². The zero-order valence-electron chi connectivity index (χ0n) is 12.1. The summed E-state index contributed by atoms with van der Waals surface area (Å²) in [5.74, 6) is 0.746. The summed E-state index contributed by atoms with van der Waals surface area (Å²) in [6, 6.07) is 8.03. The summed E-state index contributed by atoms with van der Waals surface area (Å²) in [4.78, 5) is 2.13. The molecular weight excluding hydrogens is 248 g/mol. The fourth-order valence-electron chi connectivity index (χ4n) is 1.88. The summed E-state index contributed by atoms with van der Waals surface area (Å²) < 4.78 is 5.41. The van der Waals surface area contributed by atoms with E-state index in [1.165, 1.54) is 0 Å². The van der Waals surface area contributed by atoms with E-state index in [1.807, 2.05) is 36.4 Å². The van der Waals surface area contributed by atoms with E-state index >= 15 is 0 Å². The molecule has 0 atom stereocenters. The Morgan fingerprint density at radius 2 is 2.00 bits per heavy atom. The molecule has 0 spiro atoms. The van der Waals surface area contributed by atoms with Gasteiger partial charge in [0.2, 0.25) is 0 Å². The molecular formula is C17H20N2O. The molecule has 3 nitrogen and oxygen atoms in total. The Hall–Kier alpha value is -2.47. The Kier molecular flexibility index (Phi) is 6.12. The third-order valence-electron chi connectivity index (χ3n) is 2.83. The Balaban J connectivity index is 3.17. The number of nitrogens with zero attached hydrogens (tertiary/aromatic N) is 2. The molecule has 0 saturated carbocycles. The fraction of sp³-hybridized carbons (Fsp3) is 0.235. The number of nitriles is 1. The third-order valence-corrected chi connectivity index (χ3v) is 2.83. The average molecular weight is 268 g/mol. The van der Waals surface area contributed by atoms with Crippen molar-refractivity contribution < 1.29 is 4.74 Å². The van der Waals surface area contributed by atoms with Crippen molar-refractivity contribution in [2.45, 2.75) is 6.92 Å². The first-order valence-electron chi connectivity index (χ1n) is 6.39. The van der Waals surface area contributed by atoms with E-state index in [2.05, 4.69) is 24.1 Å². The molecule has 104 valence electrons. The number of hydrogen-bond donors (Lipinski definition) is 0. The van der Waals surface area contributed by atoms with Crippen LogP contribution in [0.15, 0.2) is 49.1 Å². The van der Waals surface area contributed by atoms with Gasteiger partial charge in [0, 0.05) is 36.0 Å². The molecule has 0 fully saturated rings. The number of ether oxygens (including phenoxy) is 1. The van der Waals surface area contributed by atoms with Crippen molar-refractivity contribution in [1.29, 1.82) is 5.26 Å². The first-order valence-corrected chi connectivity index (χ1v) is 6.39. The Labute approximate surface area is 121 Å². The van der Waals surface area contributed by atoms with Gasteiger partial charge in [0.1, 0.15) is 5.75 Å². The quantitative estimate of drug-likeness (QED) is 0.557. The number of hydrogen-bond acceptors (Lipinski definition) is 3. The van der Waals surface area contributed by atoms with Gasteiger partial charge in [-0.25, -0.2) is 0 Å². The maximum Gasteiger partial charge on any atom is 0.128 e. The largest absolute Gasteiger partial charge is 0.496 e. The van der Waals surface area contributed by atoms with Crippen LogP contribution in [-0.4, -0.2) is 20.2 Å². The Bertz CT molecular complexity index is 543. The number of allylic oxidation sites excluding steroid dienone is 1. The average Bonchev–Trinajstić information content (AvgIpc) is 2.47. The van der Waals surface area contributed by atoms with E-state index in [0.29, 0.717) is 5.57 Å². The van der Waals surface area contributed by atoms with Gasteiger partial charge in [-0.2, -0.15) is 5.26 Å². The summed E-state index contributed by atoms with van der Waals surface area (Å²) in [6.45, 7) is 10.8. The third kappa shape index (κ3) is 4.03. The van der Waals surface area contributed by atoms with Crippen LogP contribution in [0.1, 0.15) is 12.5 Å². The number of methoxy groups -OCH3 is 1. The van der Waals surface area contributed by atoms with E-state index in [4.69, 9.17) is 10.00 Å². The van der Waals surface area contributed by atoms with Crippen molar-refractivity contribution in [2.75, 3.05) is 25.1 Å². The van der Waals surface area contributed by atoms with Gasteiger partial charge >= 0.3 is 0 Å². The summed E-state index contributed by atoms with van der Waals surface area (Å²) in [7, 11) is 1.63. The van der Waals surface area contributed by atoms with E-state index in [0.717, 1.165) is 30.1 Å². The highest BCUT2D eigenvalue weighted by atomic mass is 16.5. The van der Waals surface area contributed by atoms with E-state index in [9.17, 15) is 0 Å². The van der Waals surface area contributed by atoms with Crippen molar-refractivity contribution in [1.82, 2.24) is 0 Å². The van der Waals surface area contributed by atoms with Crippen LogP contribution in [0.3, 0.4) is 0 Å². The second-order valence-electron chi connectivity index (χ2n) is 4.35. The Morgan fingerprint density at radius 1 is 1.35 bits per heavy atom. The summed E-state index contributed by atoms with van der Waals surface area (Å²) >= 11 is 0. The normalized spacial score (nSPS) is 10.6. The number of rotatable bonds is 7. The lowest BCUT2D eigenvalue weighted by atomic mass is 10.1. The second-order valence-corrected chi connectivity index (χ2v) is 4.35. The maximum atomic E-state index is 8.85. The van der Waals surface area contributed by atoms with Crippen LogP contribution in [0.4, 0.5) is 5.69 Å². The van der Waals surface area contributed by atoms with Gasteiger partial charge in [-0.05, 0) is 25.1 Å².